The number of nitro groups is 1. The van der Waals surface area contributed by atoms with E-state index in [-0.39, 0.29) is 11.2 Å². The number of benzene rings is 1. The van der Waals surface area contributed by atoms with Gasteiger partial charge in [-0.3, -0.25) is 10.1 Å². The van der Waals surface area contributed by atoms with Gasteiger partial charge in [-0.2, -0.15) is 0 Å². The summed E-state index contributed by atoms with van der Waals surface area (Å²) in [6.45, 7) is 3.94. The Balaban J connectivity index is 3.16. The fourth-order valence-corrected chi connectivity index (χ4v) is 1.66. The van der Waals surface area contributed by atoms with Gasteiger partial charge in [0.15, 0.2) is 0 Å². The molecule has 0 aliphatic heterocycles. The van der Waals surface area contributed by atoms with Crippen molar-refractivity contribution in [2.24, 2.45) is 0 Å². The third-order valence-corrected chi connectivity index (χ3v) is 2.94. The standard InChI is InChI=1S/C11H15ClN2O2/c1-11(2,13-3)7-8-9(12)5-4-6-10(8)14(15)16/h4-6,13H,7H2,1-3H3. The van der Waals surface area contributed by atoms with Crippen molar-refractivity contribution < 1.29 is 4.92 Å². The van der Waals surface area contributed by atoms with E-state index >= 15 is 0 Å². The van der Waals surface area contributed by atoms with Gasteiger partial charge in [0.2, 0.25) is 0 Å². The van der Waals surface area contributed by atoms with Gasteiger partial charge in [-0.25, -0.2) is 0 Å². The maximum atomic E-state index is 10.9. The van der Waals surface area contributed by atoms with E-state index in [1.165, 1.54) is 6.07 Å². The predicted molar refractivity (Wildman–Crippen MR) is 64.9 cm³/mol. The number of nitro benzene ring substituents is 1. The highest BCUT2D eigenvalue weighted by atomic mass is 35.5. The molecule has 1 aromatic carbocycles. The molecule has 0 heterocycles. The van der Waals surface area contributed by atoms with Crippen molar-refractivity contribution in [3.8, 4) is 0 Å². The lowest BCUT2D eigenvalue weighted by atomic mass is 9.94. The van der Waals surface area contributed by atoms with Crippen molar-refractivity contribution in [3.05, 3.63) is 38.9 Å². The van der Waals surface area contributed by atoms with Crippen LogP contribution in [-0.2, 0) is 6.42 Å². The smallest absolute Gasteiger partial charge is 0.274 e. The lowest BCUT2D eigenvalue weighted by Gasteiger charge is -2.24. The molecule has 0 atom stereocenters. The summed E-state index contributed by atoms with van der Waals surface area (Å²) >= 11 is 6.00. The van der Waals surface area contributed by atoms with E-state index in [1.807, 2.05) is 20.9 Å². The first-order valence-corrected chi connectivity index (χ1v) is 5.36. The molecule has 5 heteroatoms. The molecule has 0 fully saturated rings. The number of likely N-dealkylation sites (N-methyl/N-ethyl adjacent to an activating group) is 1. The number of halogens is 1. The Kier molecular flexibility index (Phi) is 3.88. The Morgan fingerprint density at radius 1 is 1.50 bits per heavy atom. The first kappa shape index (κ1) is 12.9. The van der Waals surface area contributed by atoms with Gasteiger partial charge in [-0.05, 0) is 33.4 Å². The second kappa shape index (κ2) is 4.80. The molecule has 0 aliphatic rings. The van der Waals surface area contributed by atoms with E-state index in [9.17, 15) is 10.1 Å². The Bertz CT molecular complexity index is 405. The van der Waals surface area contributed by atoms with Gasteiger partial charge >= 0.3 is 0 Å². The largest absolute Gasteiger partial charge is 0.314 e. The Morgan fingerprint density at radius 3 is 2.62 bits per heavy atom. The molecule has 1 N–H and O–H groups in total. The second-order valence-electron chi connectivity index (χ2n) is 4.31. The molecule has 0 saturated heterocycles. The first-order chi connectivity index (χ1) is 7.37. The van der Waals surface area contributed by atoms with Crippen molar-refractivity contribution in [1.29, 1.82) is 0 Å². The van der Waals surface area contributed by atoms with Crippen LogP contribution in [0, 0.1) is 10.1 Å². The van der Waals surface area contributed by atoms with Gasteiger partial charge in [0, 0.05) is 11.6 Å². The van der Waals surface area contributed by atoms with Crippen molar-refractivity contribution in [2.75, 3.05) is 7.05 Å². The van der Waals surface area contributed by atoms with Crippen molar-refractivity contribution >= 4 is 17.3 Å². The topological polar surface area (TPSA) is 55.2 Å². The summed E-state index contributed by atoms with van der Waals surface area (Å²) in [7, 11) is 1.82. The minimum atomic E-state index is -0.396. The van der Waals surface area contributed by atoms with Crippen LogP contribution in [0.5, 0.6) is 0 Å². The van der Waals surface area contributed by atoms with Gasteiger partial charge in [-0.15, -0.1) is 0 Å². The van der Waals surface area contributed by atoms with Gasteiger partial charge in [0.05, 0.1) is 15.5 Å². The van der Waals surface area contributed by atoms with Gasteiger partial charge in [-0.1, -0.05) is 17.7 Å². The summed E-state index contributed by atoms with van der Waals surface area (Å²) in [5.74, 6) is 0. The molecule has 0 spiro atoms. The van der Waals surface area contributed by atoms with Crippen molar-refractivity contribution in [2.45, 2.75) is 25.8 Å². The van der Waals surface area contributed by atoms with Crippen LogP contribution in [0.2, 0.25) is 5.02 Å². The second-order valence-corrected chi connectivity index (χ2v) is 4.71. The Hall–Kier alpha value is -1.13. The molecule has 1 aromatic rings. The predicted octanol–water partition coefficient (Wildman–Crippen LogP) is 2.79. The number of rotatable bonds is 4. The van der Waals surface area contributed by atoms with Gasteiger partial charge < -0.3 is 5.32 Å². The molecule has 1 rings (SSSR count). The van der Waals surface area contributed by atoms with Crippen LogP contribution in [0.15, 0.2) is 18.2 Å². The third-order valence-electron chi connectivity index (χ3n) is 2.59. The summed E-state index contributed by atoms with van der Waals surface area (Å²) in [5.41, 5.74) is 0.430. The lowest BCUT2D eigenvalue weighted by Crippen LogP contribution is -2.38. The quantitative estimate of drug-likeness (QED) is 0.653. The van der Waals surface area contributed by atoms with E-state index in [0.717, 1.165) is 0 Å². The van der Waals surface area contributed by atoms with Crippen LogP contribution in [0.25, 0.3) is 0 Å². The summed E-state index contributed by atoms with van der Waals surface area (Å²) in [5, 5.41) is 14.4. The third kappa shape index (κ3) is 2.93. The summed E-state index contributed by atoms with van der Waals surface area (Å²) in [6.07, 6.45) is 0.513. The lowest BCUT2D eigenvalue weighted by molar-refractivity contribution is -0.385. The molecule has 16 heavy (non-hydrogen) atoms. The van der Waals surface area contributed by atoms with Crippen LogP contribution in [0.3, 0.4) is 0 Å². The maximum absolute atomic E-state index is 10.9. The number of nitrogens with one attached hydrogen (secondary N) is 1. The average Bonchev–Trinajstić information content (AvgIpc) is 2.20. The Labute approximate surface area is 99.8 Å². The molecule has 0 amide bonds. The van der Waals surface area contributed by atoms with Crippen LogP contribution >= 0.6 is 11.6 Å². The molecule has 88 valence electrons. The van der Waals surface area contributed by atoms with Crippen LogP contribution < -0.4 is 5.32 Å². The van der Waals surface area contributed by atoms with Gasteiger partial charge in [0.25, 0.3) is 5.69 Å². The zero-order valence-electron chi connectivity index (χ0n) is 9.58. The Morgan fingerprint density at radius 2 is 2.12 bits per heavy atom. The number of hydrogen-bond acceptors (Lipinski definition) is 3. The molecule has 0 bridgehead atoms. The average molecular weight is 243 g/mol. The molecule has 0 aromatic heterocycles. The molecule has 0 aliphatic carbocycles. The molecule has 0 unspecified atom stereocenters. The fourth-order valence-electron chi connectivity index (χ4n) is 1.42. The molecule has 0 radical (unpaired) electrons. The zero-order valence-corrected chi connectivity index (χ0v) is 10.3. The number of hydrogen-bond donors (Lipinski definition) is 1. The summed E-state index contributed by atoms with van der Waals surface area (Å²) < 4.78 is 0. The van der Waals surface area contributed by atoms with Gasteiger partial charge in [0.1, 0.15) is 0 Å². The monoisotopic (exact) mass is 242 g/mol. The number of nitrogens with zero attached hydrogens (tertiary/aromatic N) is 1. The molecular weight excluding hydrogens is 228 g/mol. The summed E-state index contributed by atoms with van der Waals surface area (Å²) in [4.78, 5) is 10.5. The molecule has 4 nitrogen and oxygen atoms in total. The molecular formula is C11H15ClN2O2. The van der Waals surface area contributed by atoms with Crippen LogP contribution in [-0.4, -0.2) is 17.5 Å². The normalized spacial score (nSPS) is 11.5. The van der Waals surface area contributed by atoms with E-state index in [4.69, 9.17) is 11.6 Å². The van der Waals surface area contributed by atoms with Crippen molar-refractivity contribution in [1.82, 2.24) is 5.32 Å². The van der Waals surface area contributed by atoms with Crippen LogP contribution in [0.1, 0.15) is 19.4 Å². The van der Waals surface area contributed by atoms with E-state index in [0.29, 0.717) is 17.0 Å². The summed E-state index contributed by atoms with van der Waals surface area (Å²) in [6, 6.07) is 4.75. The van der Waals surface area contributed by atoms with Crippen LogP contribution in [0.4, 0.5) is 5.69 Å². The zero-order chi connectivity index (χ0) is 12.3. The fraction of sp³-hybridized carbons (Fsp3) is 0.455. The minimum absolute atomic E-state index is 0.0795. The SMILES string of the molecule is CNC(C)(C)Cc1c(Cl)cccc1[N+](=O)[O-]. The van der Waals surface area contributed by atoms with E-state index in [1.54, 1.807) is 12.1 Å². The van der Waals surface area contributed by atoms with E-state index in [2.05, 4.69) is 5.32 Å². The minimum Gasteiger partial charge on any atom is -0.314 e. The molecule has 0 saturated carbocycles. The highest BCUT2D eigenvalue weighted by Gasteiger charge is 2.24. The maximum Gasteiger partial charge on any atom is 0.274 e. The highest BCUT2D eigenvalue weighted by Crippen LogP contribution is 2.29. The van der Waals surface area contributed by atoms with E-state index < -0.39 is 4.92 Å². The first-order valence-electron chi connectivity index (χ1n) is 4.98. The highest BCUT2D eigenvalue weighted by molar-refractivity contribution is 6.31. The van der Waals surface area contributed by atoms with Crippen molar-refractivity contribution in [3.63, 3.8) is 0 Å².